The summed E-state index contributed by atoms with van der Waals surface area (Å²) in [5.74, 6) is 0.506. The number of ether oxygens (including phenoxy) is 2. The number of carbonyl (C=O) groups is 1. The Hall–Kier alpha value is -3.40. The van der Waals surface area contributed by atoms with E-state index >= 15 is 0 Å². The number of carbonyl (C=O) groups excluding carboxylic acids is 1. The molecule has 0 unspecified atom stereocenters. The SMILES string of the molecule is COc1ccc(/C=N\NC(=O)CN(CCc2ccccc2)S(=O)(=O)c2ccc(Cl)cc2)cc1OC. The number of nitrogens with zero attached hydrogens (tertiary/aromatic N) is 2. The minimum atomic E-state index is -3.95. The van der Waals surface area contributed by atoms with Crippen molar-refractivity contribution in [3.63, 3.8) is 0 Å². The summed E-state index contributed by atoms with van der Waals surface area (Å²) in [7, 11) is -0.891. The van der Waals surface area contributed by atoms with Crippen molar-refractivity contribution in [1.82, 2.24) is 9.73 Å². The lowest BCUT2D eigenvalue weighted by Gasteiger charge is -2.21. The van der Waals surface area contributed by atoms with Gasteiger partial charge in [0.25, 0.3) is 5.91 Å². The van der Waals surface area contributed by atoms with Gasteiger partial charge in [0, 0.05) is 11.6 Å². The second-order valence-electron chi connectivity index (χ2n) is 7.44. The summed E-state index contributed by atoms with van der Waals surface area (Å²) in [6.45, 7) is -0.289. The Bertz CT molecular complexity index is 1270. The highest BCUT2D eigenvalue weighted by atomic mass is 35.5. The number of methoxy groups -OCH3 is 2. The number of benzene rings is 3. The number of hydrogen-bond acceptors (Lipinski definition) is 6. The predicted octanol–water partition coefficient (Wildman–Crippen LogP) is 3.74. The molecule has 1 amide bonds. The molecule has 10 heteroatoms. The largest absolute Gasteiger partial charge is 0.493 e. The maximum Gasteiger partial charge on any atom is 0.255 e. The highest BCUT2D eigenvalue weighted by molar-refractivity contribution is 7.89. The van der Waals surface area contributed by atoms with Crippen molar-refractivity contribution < 1.29 is 22.7 Å². The summed E-state index contributed by atoms with van der Waals surface area (Å²) in [6.07, 6.45) is 1.87. The Kier molecular flexibility index (Phi) is 9.25. The maximum atomic E-state index is 13.3. The fourth-order valence-electron chi connectivity index (χ4n) is 3.25. The van der Waals surface area contributed by atoms with Crippen LogP contribution in [0.4, 0.5) is 0 Å². The van der Waals surface area contributed by atoms with Crippen molar-refractivity contribution in [2.24, 2.45) is 5.10 Å². The third kappa shape index (κ3) is 7.29. The van der Waals surface area contributed by atoms with E-state index in [1.165, 1.54) is 44.7 Å². The van der Waals surface area contributed by atoms with Gasteiger partial charge in [0.05, 0.1) is 31.9 Å². The monoisotopic (exact) mass is 515 g/mol. The molecule has 0 aliphatic heterocycles. The van der Waals surface area contributed by atoms with E-state index in [2.05, 4.69) is 10.5 Å². The Morgan fingerprint density at radius 2 is 1.69 bits per heavy atom. The van der Waals surface area contributed by atoms with Gasteiger partial charge in [0.2, 0.25) is 10.0 Å². The van der Waals surface area contributed by atoms with Crippen LogP contribution in [0.5, 0.6) is 11.5 Å². The molecule has 0 saturated heterocycles. The van der Waals surface area contributed by atoms with Crippen molar-refractivity contribution in [2.75, 3.05) is 27.3 Å². The first-order valence-corrected chi connectivity index (χ1v) is 12.5. The summed E-state index contributed by atoms with van der Waals surface area (Å²) in [5, 5.41) is 4.37. The molecule has 0 aliphatic carbocycles. The molecule has 3 aromatic carbocycles. The van der Waals surface area contributed by atoms with Crippen LogP contribution in [0.25, 0.3) is 0 Å². The average Bonchev–Trinajstić information content (AvgIpc) is 2.87. The van der Waals surface area contributed by atoms with E-state index < -0.39 is 22.5 Å². The number of nitrogens with one attached hydrogen (secondary N) is 1. The van der Waals surface area contributed by atoms with E-state index in [9.17, 15) is 13.2 Å². The molecule has 3 aromatic rings. The van der Waals surface area contributed by atoms with Gasteiger partial charge in [-0.3, -0.25) is 4.79 Å². The van der Waals surface area contributed by atoms with E-state index in [1.807, 2.05) is 30.3 Å². The number of hydrogen-bond donors (Lipinski definition) is 1. The van der Waals surface area contributed by atoms with Crippen LogP contribution in [0.3, 0.4) is 0 Å². The molecule has 0 aliphatic rings. The average molecular weight is 516 g/mol. The fourth-order valence-corrected chi connectivity index (χ4v) is 4.77. The minimum absolute atomic E-state index is 0.0524. The Morgan fingerprint density at radius 1 is 1.00 bits per heavy atom. The van der Waals surface area contributed by atoms with Crippen LogP contribution in [0.2, 0.25) is 5.02 Å². The lowest BCUT2D eigenvalue weighted by atomic mass is 10.1. The zero-order valence-electron chi connectivity index (χ0n) is 19.3. The molecular formula is C25H26ClN3O5S. The third-order valence-corrected chi connectivity index (χ3v) is 7.19. The van der Waals surface area contributed by atoms with Gasteiger partial charge in [0.15, 0.2) is 11.5 Å². The van der Waals surface area contributed by atoms with Gasteiger partial charge < -0.3 is 9.47 Å². The molecule has 184 valence electrons. The third-order valence-electron chi connectivity index (χ3n) is 5.07. The molecular weight excluding hydrogens is 490 g/mol. The summed E-state index contributed by atoms with van der Waals surface area (Å²) >= 11 is 5.91. The normalized spacial score (nSPS) is 11.5. The van der Waals surface area contributed by atoms with Gasteiger partial charge in [-0.2, -0.15) is 9.41 Å². The molecule has 0 radical (unpaired) electrons. The second-order valence-corrected chi connectivity index (χ2v) is 9.81. The molecule has 0 spiro atoms. The van der Waals surface area contributed by atoms with E-state index in [0.29, 0.717) is 28.5 Å². The Balaban J connectivity index is 1.73. The van der Waals surface area contributed by atoms with Crippen LogP contribution in [0, 0.1) is 0 Å². The number of hydrazone groups is 1. The Morgan fingerprint density at radius 3 is 2.34 bits per heavy atom. The molecule has 8 nitrogen and oxygen atoms in total. The molecule has 0 atom stereocenters. The van der Waals surface area contributed by atoms with Gasteiger partial charge >= 0.3 is 0 Å². The first-order valence-electron chi connectivity index (χ1n) is 10.7. The van der Waals surface area contributed by atoms with E-state index in [0.717, 1.165) is 9.87 Å². The molecule has 3 rings (SSSR count). The number of amides is 1. The zero-order valence-corrected chi connectivity index (χ0v) is 20.9. The summed E-state index contributed by atoms with van der Waals surface area (Å²) in [6, 6.07) is 20.4. The number of sulfonamides is 1. The molecule has 0 saturated carbocycles. The molecule has 1 N–H and O–H groups in total. The van der Waals surface area contributed by atoms with Gasteiger partial charge in [-0.05, 0) is 60.0 Å². The van der Waals surface area contributed by atoms with E-state index in [4.69, 9.17) is 21.1 Å². The van der Waals surface area contributed by atoms with E-state index in [1.54, 1.807) is 18.2 Å². The lowest BCUT2D eigenvalue weighted by Crippen LogP contribution is -2.40. The van der Waals surface area contributed by atoms with Crippen LogP contribution in [0.15, 0.2) is 82.8 Å². The Labute approximate surface area is 210 Å². The van der Waals surface area contributed by atoms with Crippen molar-refractivity contribution in [1.29, 1.82) is 0 Å². The standard InChI is InChI=1S/C25H26ClN3O5S/c1-33-23-13-8-20(16-24(23)34-2)17-27-28-25(30)18-29(15-14-19-6-4-3-5-7-19)35(31,32)22-11-9-21(26)10-12-22/h3-13,16-17H,14-15,18H2,1-2H3,(H,28,30)/b27-17-. The van der Waals surface area contributed by atoms with Crippen molar-refractivity contribution in [2.45, 2.75) is 11.3 Å². The smallest absolute Gasteiger partial charge is 0.255 e. The van der Waals surface area contributed by atoms with Crippen LogP contribution in [-0.2, 0) is 21.2 Å². The van der Waals surface area contributed by atoms with Crippen LogP contribution < -0.4 is 14.9 Å². The maximum absolute atomic E-state index is 13.3. The molecule has 35 heavy (non-hydrogen) atoms. The highest BCUT2D eigenvalue weighted by Crippen LogP contribution is 2.26. The van der Waals surface area contributed by atoms with Gasteiger partial charge in [0.1, 0.15) is 0 Å². The topological polar surface area (TPSA) is 97.3 Å². The van der Waals surface area contributed by atoms with Crippen molar-refractivity contribution in [3.05, 3.63) is 88.9 Å². The summed E-state index contributed by atoms with van der Waals surface area (Å²) < 4.78 is 38.1. The fraction of sp³-hybridized carbons (Fsp3) is 0.200. The number of rotatable bonds is 11. The van der Waals surface area contributed by atoms with Gasteiger partial charge in [-0.1, -0.05) is 41.9 Å². The first-order chi connectivity index (χ1) is 16.8. The predicted molar refractivity (Wildman–Crippen MR) is 136 cm³/mol. The first kappa shape index (κ1) is 26.2. The summed E-state index contributed by atoms with van der Waals surface area (Å²) in [4.78, 5) is 12.7. The van der Waals surface area contributed by atoms with Gasteiger partial charge in [-0.15, -0.1) is 0 Å². The highest BCUT2D eigenvalue weighted by Gasteiger charge is 2.26. The molecule has 0 aromatic heterocycles. The van der Waals surface area contributed by atoms with Crippen LogP contribution >= 0.6 is 11.6 Å². The van der Waals surface area contributed by atoms with Crippen molar-refractivity contribution in [3.8, 4) is 11.5 Å². The lowest BCUT2D eigenvalue weighted by molar-refractivity contribution is -0.121. The van der Waals surface area contributed by atoms with Crippen LogP contribution in [0.1, 0.15) is 11.1 Å². The molecule has 0 bridgehead atoms. The van der Waals surface area contributed by atoms with E-state index in [-0.39, 0.29) is 11.4 Å². The molecule has 0 fully saturated rings. The van der Waals surface area contributed by atoms with Crippen LogP contribution in [-0.4, -0.2) is 52.2 Å². The second kappa shape index (κ2) is 12.3. The van der Waals surface area contributed by atoms with Crippen molar-refractivity contribution >= 4 is 33.7 Å². The number of halogens is 1. The molecule has 0 heterocycles. The summed E-state index contributed by atoms with van der Waals surface area (Å²) in [5.41, 5.74) is 4.01. The quantitative estimate of drug-likeness (QED) is 0.310. The van der Waals surface area contributed by atoms with Gasteiger partial charge in [-0.25, -0.2) is 13.8 Å². The minimum Gasteiger partial charge on any atom is -0.493 e. The zero-order chi connectivity index (χ0) is 25.3.